The minimum absolute atomic E-state index is 0.411. The predicted molar refractivity (Wildman–Crippen MR) is 76.6 cm³/mol. The van der Waals surface area contributed by atoms with E-state index in [1.807, 2.05) is 25.1 Å². The zero-order chi connectivity index (χ0) is 13.4. The van der Waals surface area contributed by atoms with E-state index < -0.39 is 0 Å². The zero-order valence-electron chi connectivity index (χ0n) is 10.2. The van der Waals surface area contributed by atoms with Crippen LogP contribution >= 0.6 is 23.2 Å². The fourth-order valence-corrected chi connectivity index (χ4v) is 2.32. The molecule has 5 heteroatoms. The molecule has 0 spiro atoms. The number of aromatic nitrogens is 2. The summed E-state index contributed by atoms with van der Waals surface area (Å²) in [4.78, 5) is 8.55. The summed E-state index contributed by atoms with van der Waals surface area (Å²) in [7, 11) is 0. The van der Waals surface area contributed by atoms with E-state index in [1.54, 1.807) is 12.1 Å². The number of fused-ring (bicyclic) bond motifs is 1. The first-order valence-electron chi connectivity index (χ1n) is 5.89. The highest BCUT2D eigenvalue weighted by Crippen LogP contribution is 2.31. The molecule has 0 unspecified atom stereocenters. The molecule has 3 rings (SSSR count). The molecule has 3 aromatic rings. The molecular weight excluding hydrogens is 283 g/mol. The van der Waals surface area contributed by atoms with Crippen LogP contribution in [0.5, 0.6) is 0 Å². The average molecular weight is 293 g/mol. The van der Waals surface area contributed by atoms with E-state index in [0.717, 1.165) is 5.39 Å². The van der Waals surface area contributed by atoms with Crippen molar-refractivity contribution in [2.24, 2.45) is 0 Å². The number of halogens is 2. The molecule has 0 aliphatic heterocycles. The van der Waals surface area contributed by atoms with Gasteiger partial charge in [-0.25, -0.2) is 9.97 Å². The van der Waals surface area contributed by atoms with Gasteiger partial charge >= 0.3 is 0 Å². The third kappa shape index (κ3) is 2.31. The molecule has 0 N–H and O–H groups in total. The molecule has 1 aromatic carbocycles. The summed E-state index contributed by atoms with van der Waals surface area (Å²) in [5.41, 5.74) is 1.33. The summed E-state index contributed by atoms with van der Waals surface area (Å²) >= 11 is 12.1. The smallest absolute Gasteiger partial charge is 0.154 e. The van der Waals surface area contributed by atoms with Gasteiger partial charge in [0.05, 0.1) is 5.02 Å². The molecule has 19 heavy (non-hydrogen) atoms. The van der Waals surface area contributed by atoms with Crippen molar-refractivity contribution in [3.63, 3.8) is 0 Å². The minimum atomic E-state index is 0.411. The Morgan fingerprint density at radius 2 is 2.00 bits per heavy atom. The molecule has 0 radical (unpaired) electrons. The summed E-state index contributed by atoms with van der Waals surface area (Å²) in [5.74, 6) is 1.33. The summed E-state index contributed by atoms with van der Waals surface area (Å²) in [6, 6.07) is 9.21. The van der Waals surface area contributed by atoms with Gasteiger partial charge in [-0.2, -0.15) is 0 Å². The van der Waals surface area contributed by atoms with Gasteiger partial charge in [0, 0.05) is 17.9 Å². The standard InChI is InChI=1S/C14H10Cl2N2O/c1-2-13-17-10(7-12(16)18-13)11-6-8-4-3-5-9(15)14(8)19-11/h3-7H,2H2,1H3. The average Bonchev–Trinajstić information content (AvgIpc) is 2.83. The maximum atomic E-state index is 6.10. The minimum Gasteiger partial charge on any atom is -0.453 e. The number of rotatable bonds is 2. The fourth-order valence-electron chi connectivity index (χ4n) is 1.90. The van der Waals surface area contributed by atoms with Gasteiger partial charge in [-0.05, 0) is 12.1 Å². The maximum Gasteiger partial charge on any atom is 0.154 e. The quantitative estimate of drug-likeness (QED) is 0.639. The van der Waals surface area contributed by atoms with Crippen molar-refractivity contribution >= 4 is 34.2 Å². The Morgan fingerprint density at radius 1 is 1.16 bits per heavy atom. The largest absolute Gasteiger partial charge is 0.453 e. The molecule has 3 nitrogen and oxygen atoms in total. The van der Waals surface area contributed by atoms with Crippen LogP contribution in [-0.4, -0.2) is 9.97 Å². The second kappa shape index (κ2) is 4.83. The Hall–Kier alpha value is -1.58. The van der Waals surface area contributed by atoms with Gasteiger partial charge in [-0.1, -0.05) is 42.3 Å². The molecule has 0 saturated heterocycles. The molecule has 0 atom stereocenters. The lowest BCUT2D eigenvalue weighted by Crippen LogP contribution is -1.94. The van der Waals surface area contributed by atoms with Gasteiger partial charge in [0.15, 0.2) is 11.3 Å². The first kappa shape index (κ1) is 12.5. The van der Waals surface area contributed by atoms with Crippen molar-refractivity contribution in [2.45, 2.75) is 13.3 Å². The maximum absolute atomic E-state index is 6.10. The normalized spacial score (nSPS) is 11.1. The Morgan fingerprint density at radius 3 is 2.74 bits per heavy atom. The van der Waals surface area contributed by atoms with E-state index in [0.29, 0.717) is 39.5 Å². The van der Waals surface area contributed by atoms with Crippen LogP contribution in [-0.2, 0) is 6.42 Å². The molecule has 0 aliphatic carbocycles. The van der Waals surface area contributed by atoms with Gasteiger partial charge in [0.2, 0.25) is 0 Å². The topological polar surface area (TPSA) is 38.9 Å². The summed E-state index contributed by atoms with van der Waals surface area (Å²) in [6.07, 6.45) is 0.717. The van der Waals surface area contributed by atoms with Crippen molar-refractivity contribution < 1.29 is 4.42 Å². The number of aryl methyl sites for hydroxylation is 1. The zero-order valence-corrected chi connectivity index (χ0v) is 11.7. The van der Waals surface area contributed by atoms with Crippen LogP contribution in [0.15, 0.2) is 34.7 Å². The summed E-state index contributed by atoms with van der Waals surface area (Å²) in [5, 5.41) is 1.93. The molecule has 2 heterocycles. The van der Waals surface area contributed by atoms with Crippen LogP contribution in [0.25, 0.3) is 22.4 Å². The number of furan rings is 1. The van der Waals surface area contributed by atoms with E-state index in [4.69, 9.17) is 27.6 Å². The van der Waals surface area contributed by atoms with Crippen LogP contribution in [0.3, 0.4) is 0 Å². The monoisotopic (exact) mass is 292 g/mol. The molecular formula is C14H10Cl2N2O. The Kier molecular flexibility index (Phi) is 3.17. The summed E-state index contributed by atoms with van der Waals surface area (Å²) < 4.78 is 5.76. The van der Waals surface area contributed by atoms with Crippen LogP contribution < -0.4 is 0 Å². The van der Waals surface area contributed by atoms with Crippen LogP contribution in [0.4, 0.5) is 0 Å². The Bertz CT molecular complexity index is 752. The first-order chi connectivity index (χ1) is 9.17. The van der Waals surface area contributed by atoms with E-state index in [9.17, 15) is 0 Å². The van der Waals surface area contributed by atoms with E-state index in [2.05, 4.69) is 9.97 Å². The van der Waals surface area contributed by atoms with Crippen LogP contribution in [0.1, 0.15) is 12.7 Å². The van der Waals surface area contributed by atoms with Crippen molar-refractivity contribution in [2.75, 3.05) is 0 Å². The molecule has 0 amide bonds. The van der Waals surface area contributed by atoms with Gasteiger partial charge < -0.3 is 4.42 Å². The Labute approximate surface area is 120 Å². The van der Waals surface area contributed by atoms with Crippen LogP contribution in [0, 0.1) is 0 Å². The second-order valence-electron chi connectivity index (χ2n) is 4.11. The van der Waals surface area contributed by atoms with Gasteiger partial charge in [-0.15, -0.1) is 0 Å². The third-order valence-corrected chi connectivity index (χ3v) is 3.30. The highest BCUT2D eigenvalue weighted by atomic mass is 35.5. The molecule has 0 fully saturated rings. The van der Waals surface area contributed by atoms with Crippen molar-refractivity contribution in [1.82, 2.24) is 9.97 Å². The third-order valence-electron chi connectivity index (χ3n) is 2.81. The molecule has 96 valence electrons. The number of benzene rings is 1. The molecule has 0 bridgehead atoms. The van der Waals surface area contributed by atoms with Crippen molar-refractivity contribution in [1.29, 1.82) is 0 Å². The lowest BCUT2D eigenvalue weighted by Gasteiger charge is -2.00. The van der Waals surface area contributed by atoms with Crippen molar-refractivity contribution in [3.05, 3.63) is 46.3 Å². The predicted octanol–water partition coefficient (Wildman–Crippen LogP) is 4.76. The lowest BCUT2D eigenvalue weighted by atomic mass is 10.2. The lowest BCUT2D eigenvalue weighted by molar-refractivity contribution is 0.627. The number of hydrogen-bond donors (Lipinski definition) is 0. The SMILES string of the molecule is CCc1nc(Cl)cc(-c2cc3cccc(Cl)c3o2)n1. The van der Waals surface area contributed by atoms with Gasteiger partial charge in [0.25, 0.3) is 0 Å². The fraction of sp³-hybridized carbons (Fsp3) is 0.143. The number of para-hydroxylation sites is 1. The first-order valence-corrected chi connectivity index (χ1v) is 6.65. The van der Waals surface area contributed by atoms with E-state index >= 15 is 0 Å². The second-order valence-corrected chi connectivity index (χ2v) is 4.91. The highest BCUT2D eigenvalue weighted by Gasteiger charge is 2.11. The molecule has 2 aromatic heterocycles. The van der Waals surface area contributed by atoms with Gasteiger partial charge in [-0.3, -0.25) is 0 Å². The Balaban J connectivity index is 2.19. The molecule has 0 aliphatic rings. The highest BCUT2D eigenvalue weighted by molar-refractivity contribution is 6.34. The van der Waals surface area contributed by atoms with Crippen LogP contribution in [0.2, 0.25) is 10.2 Å². The van der Waals surface area contributed by atoms with Crippen molar-refractivity contribution in [3.8, 4) is 11.5 Å². The van der Waals surface area contributed by atoms with E-state index in [-0.39, 0.29) is 0 Å². The summed E-state index contributed by atoms with van der Waals surface area (Å²) in [6.45, 7) is 1.98. The van der Waals surface area contributed by atoms with E-state index in [1.165, 1.54) is 0 Å². The number of hydrogen-bond acceptors (Lipinski definition) is 3. The number of nitrogens with zero attached hydrogens (tertiary/aromatic N) is 2. The van der Waals surface area contributed by atoms with Gasteiger partial charge in [0.1, 0.15) is 16.7 Å². The molecule has 0 saturated carbocycles.